The van der Waals surface area contributed by atoms with E-state index in [1.807, 2.05) is 26.0 Å². The summed E-state index contributed by atoms with van der Waals surface area (Å²) >= 11 is -2.31. The van der Waals surface area contributed by atoms with Crippen LogP contribution in [0.1, 0.15) is 56.5 Å². The molecular weight excluding hydrogens is 442 g/mol. The molecule has 3 unspecified atom stereocenters. The molecule has 1 aromatic heterocycles. The summed E-state index contributed by atoms with van der Waals surface area (Å²) in [6.45, 7) is 9.54. The molecule has 0 bridgehead atoms. The van der Waals surface area contributed by atoms with Crippen LogP contribution in [0, 0.1) is 0 Å². The zero-order valence-electron chi connectivity index (χ0n) is 19.8. The second-order valence-electron chi connectivity index (χ2n) is 8.34. The number of carbonyl (C=O) groups excluding carboxylic acids is 1. The topological polar surface area (TPSA) is 120 Å². The quantitative estimate of drug-likeness (QED) is 0.589. The summed E-state index contributed by atoms with van der Waals surface area (Å²) in [4.78, 5) is 23.5. The highest BCUT2D eigenvalue weighted by molar-refractivity contribution is 7.79. The van der Waals surface area contributed by atoms with Crippen LogP contribution in [0.4, 0.5) is 16.3 Å². The smallest absolute Gasteiger partial charge is 0.318 e. The number of anilines is 2. The van der Waals surface area contributed by atoms with Gasteiger partial charge in [-0.15, -0.1) is 0 Å². The van der Waals surface area contributed by atoms with Crippen LogP contribution in [0.15, 0.2) is 24.3 Å². The van der Waals surface area contributed by atoms with E-state index in [9.17, 15) is 13.6 Å². The number of nitrogens with one attached hydrogen (secondary N) is 2. The molecule has 1 aliphatic heterocycles. The minimum atomic E-state index is -2.31. The molecule has 0 saturated carbocycles. The van der Waals surface area contributed by atoms with Crippen LogP contribution in [-0.2, 0) is 15.8 Å². The Morgan fingerprint density at radius 1 is 1.27 bits per heavy atom. The van der Waals surface area contributed by atoms with Gasteiger partial charge in [0.1, 0.15) is 5.82 Å². The van der Waals surface area contributed by atoms with Crippen molar-refractivity contribution in [2.75, 3.05) is 37.0 Å². The predicted octanol–water partition coefficient (Wildman–Crippen LogP) is 3.57. The molecule has 1 aliphatic rings. The van der Waals surface area contributed by atoms with Crippen molar-refractivity contribution in [3.8, 4) is 11.4 Å². The van der Waals surface area contributed by atoms with Crippen molar-refractivity contribution in [1.82, 2.24) is 15.3 Å². The monoisotopic (exact) mass is 474 g/mol. The van der Waals surface area contributed by atoms with Gasteiger partial charge in [0.15, 0.2) is 5.82 Å². The summed E-state index contributed by atoms with van der Waals surface area (Å²) in [5.74, 6) is 1.18. The second kappa shape index (κ2) is 11.0. The van der Waals surface area contributed by atoms with E-state index in [1.165, 1.54) is 0 Å². The van der Waals surface area contributed by atoms with Gasteiger partial charge in [-0.05, 0) is 54.6 Å². The summed E-state index contributed by atoms with van der Waals surface area (Å²) in [5.41, 5.74) is 2.80. The Bertz CT molecular complexity index is 999. The molecule has 180 valence electrons. The number of amides is 2. The van der Waals surface area contributed by atoms with E-state index in [1.54, 1.807) is 26.1 Å². The molecule has 1 aromatic carbocycles. The zero-order chi connectivity index (χ0) is 24.1. The van der Waals surface area contributed by atoms with Gasteiger partial charge in [-0.2, -0.15) is 0 Å². The summed E-state index contributed by atoms with van der Waals surface area (Å²) in [5, 5.41) is 4.50. The highest BCUT2D eigenvalue weighted by atomic mass is 32.2. The molecule has 2 heterocycles. The predicted molar refractivity (Wildman–Crippen MR) is 129 cm³/mol. The number of hydrogen-bond donors (Lipinski definition) is 2. The van der Waals surface area contributed by atoms with E-state index in [0.717, 1.165) is 17.7 Å². The molecule has 2 amide bonds. The van der Waals surface area contributed by atoms with Crippen molar-refractivity contribution >= 4 is 28.6 Å². The molecule has 0 radical (unpaired) electrons. The number of aromatic nitrogens is 2. The molecule has 0 aliphatic carbocycles. The zero-order valence-corrected chi connectivity index (χ0v) is 20.6. The maximum Gasteiger partial charge on any atom is 0.318 e. The number of benzene rings is 1. The van der Waals surface area contributed by atoms with Crippen LogP contribution in [0.5, 0.6) is 0 Å². The third-order valence-corrected chi connectivity index (χ3v) is 6.61. The van der Waals surface area contributed by atoms with Gasteiger partial charge in [-0.1, -0.05) is 20.8 Å². The van der Waals surface area contributed by atoms with Crippen LogP contribution >= 0.6 is 0 Å². The van der Waals surface area contributed by atoms with Crippen molar-refractivity contribution in [3.63, 3.8) is 0 Å². The van der Waals surface area contributed by atoms with E-state index in [4.69, 9.17) is 14.7 Å². The standard InChI is InChI=1S/C23H33N5O4S/c1-6-18-13-32-12-11-28(18)22-19(15(4)33(30)31)20(14(2)3)26-21(27-22)16-7-9-17(10-8-16)25-23(29)24-5/h7-10,14-15,18H,6,11-13H2,1-5H3,(H,30,31)(H2,24,25,29)/p-1. The minimum absolute atomic E-state index is 0.00167. The summed E-state index contributed by atoms with van der Waals surface area (Å²) < 4.78 is 29.7. The molecule has 33 heavy (non-hydrogen) atoms. The Labute approximate surface area is 197 Å². The fourth-order valence-electron chi connectivity index (χ4n) is 3.92. The van der Waals surface area contributed by atoms with Gasteiger partial charge in [0.25, 0.3) is 0 Å². The molecule has 3 atom stereocenters. The lowest BCUT2D eigenvalue weighted by Gasteiger charge is -2.38. The molecule has 0 spiro atoms. The lowest BCUT2D eigenvalue weighted by molar-refractivity contribution is 0.0924. The number of nitrogens with zero attached hydrogens (tertiary/aromatic N) is 3. The molecule has 3 rings (SSSR count). The Morgan fingerprint density at radius 2 is 1.97 bits per heavy atom. The molecule has 2 aromatic rings. The molecule has 1 saturated heterocycles. The first-order valence-electron chi connectivity index (χ1n) is 11.2. The SMILES string of the molecule is CCC1COCCN1c1nc(-c2ccc(NC(=O)NC)cc2)nc(C(C)C)c1C(C)S(=O)[O-]. The molecule has 10 heteroatoms. The first kappa shape index (κ1) is 25.1. The highest BCUT2D eigenvalue weighted by Gasteiger charge is 2.30. The van der Waals surface area contributed by atoms with Crippen LogP contribution < -0.4 is 15.5 Å². The first-order valence-corrected chi connectivity index (χ1v) is 12.3. The number of morpholine rings is 1. The van der Waals surface area contributed by atoms with Gasteiger partial charge in [-0.25, -0.2) is 14.8 Å². The van der Waals surface area contributed by atoms with E-state index in [-0.39, 0.29) is 18.0 Å². The van der Waals surface area contributed by atoms with E-state index in [2.05, 4.69) is 22.5 Å². The van der Waals surface area contributed by atoms with Crippen LogP contribution in [0.2, 0.25) is 0 Å². The number of urea groups is 1. The summed E-state index contributed by atoms with van der Waals surface area (Å²) in [6, 6.07) is 7.07. The van der Waals surface area contributed by atoms with Gasteiger partial charge in [0, 0.05) is 35.7 Å². The molecular formula is C23H32N5O4S-. The lowest BCUT2D eigenvalue weighted by atomic mass is 9.99. The minimum Gasteiger partial charge on any atom is -0.772 e. The van der Waals surface area contributed by atoms with Crippen molar-refractivity contribution in [1.29, 1.82) is 0 Å². The maximum atomic E-state index is 12.0. The van der Waals surface area contributed by atoms with Gasteiger partial charge in [0.2, 0.25) is 0 Å². The Morgan fingerprint density at radius 3 is 2.55 bits per heavy atom. The molecule has 1 fully saturated rings. The van der Waals surface area contributed by atoms with Gasteiger partial charge in [-0.3, -0.25) is 4.21 Å². The number of carbonyl (C=O) groups is 1. The van der Waals surface area contributed by atoms with E-state index in [0.29, 0.717) is 42.7 Å². The highest BCUT2D eigenvalue weighted by Crippen LogP contribution is 2.37. The summed E-state index contributed by atoms with van der Waals surface area (Å²) in [6.07, 6.45) is 0.852. The molecule has 9 nitrogen and oxygen atoms in total. The van der Waals surface area contributed by atoms with E-state index >= 15 is 0 Å². The van der Waals surface area contributed by atoms with Gasteiger partial charge in [0.05, 0.1) is 24.9 Å². The maximum absolute atomic E-state index is 12.0. The lowest BCUT2D eigenvalue weighted by Crippen LogP contribution is -2.46. The first-order chi connectivity index (χ1) is 15.8. The number of ether oxygens (including phenoxy) is 1. The second-order valence-corrected chi connectivity index (χ2v) is 9.57. The number of rotatable bonds is 7. The Kier molecular flexibility index (Phi) is 8.39. The van der Waals surface area contributed by atoms with Crippen molar-refractivity contribution < 1.29 is 18.3 Å². The summed E-state index contributed by atoms with van der Waals surface area (Å²) in [7, 11) is 1.55. The molecule has 2 N–H and O–H groups in total. The Balaban J connectivity index is 2.15. The largest absolute Gasteiger partial charge is 0.772 e. The fourth-order valence-corrected chi connectivity index (χ4v) is 4.34. The average molecular weight is 475 g/mol. The van der Waals surface area contributed by atoms with Crippen molar-refractivity contribution in [2.24, 2.45) is 0 Å². The third kappa shape index (κ3) is 5.69. The third-order valence-electron chi connectivity index (χ3n) is 5.80. The van der Waals surface area contributed by atoms with Crippen LogP contribution in [-0.4, -0.2) is 57.6 Å². The van der Waals surface area contributed by atoms with E-state index < -0.39 is 16.3 Å². The van der Waals surface area contributed by atoms with Gasteiger partial charge >= 0.3 is 6.03 Å². The van der Waals surface area contributed by atoms with Gasteiger partial charge < -0.3 is 24.8 Å². The average Bonchev–Trinajstić information content (AvgIpc) is 2.82. The van der Waals surface area contributed by atoms with Crippen molar-refractivity contribution in [3.05, 3.63) is 35.5 Å². The number of hydrogen-bond acceptors (Lipinski definition) is 7. The Hall–Kier alpha value is -2.56. The normalized spacial score (nSPS) is 18.2. The fraction of sp³-hybridized carbons (Fsp3) is 0.522. The van der Waals surface area contributed by atoms with Crippen molar-refractivity contribution in [2.45, 2.75) is 51.3 Å². The van der Waals surface area contributed by atoms with Crippen LogP contribution in [0.25, 0.3) is 11.4 Å². The van der Waals surface area contributed by atoms with Crippen LogP contribution in [0.3, 0.4) is 0 Å².